The van der Waals surface area contributed by atoms with Gasteiger partial charge in [0, 0.05) is 25.7 Å². The van der Waals surface area contributed by atoms with E-state index in [1.54, 1.807) is 0 Å². The third-order valence-electron chi connectivity index (χ3n) is 17.0. The highest BCUT2D eigenvalue weighted by Gasteiger charge is 2.30. The number of unbranched alkanes of at least 4 members (excludes halogenated alkanes) is 45. The first-order valence-electron chi connectivity index (χ1n) is 38.1. The minimum absolute atomic E-state index is 0.106. The minimum atomic E-state index is -4.95. The van der Waals surface area contributed by atoms with Crippen molar-refractivity contribution in [3.05, 3.63) is 0 Å². The molecule has 17 nitrogen and oxygen atoms in total. The number of hydrogen-bond donors (Lipinski definition) is 3. The fourth-order valence-corrected chi connectivity index (χ4v) is 12.8. The van der Waals surface area contributed by atoms with Crippen molar-refractivity contribution in [3.8, 4) is 0 Å². The van der Waals surface area contributed by atoms with Gasteiger partial charge in [-0.2, -0.15) is 0 Å². The maximum Gasteiger partial charge on any atom is 0.472 e. The average Bonchev–Trinajstić information content (AvgIpc) is 2.51. The third kappa shape index (κ3) is 66.7. The Morgan fingerprint density at radius 1 is 0.293 bits per heavy atom. The first kappa shape index (κ1) is 90.1. The van der Waals surface area contributed by atoms with E-state index in [0.29, 0.717) is 31.6 Å². The molecule has 0 aromatic rings. The van der Waals surface area contributed by atoms with Crippen molar-refractivity contribution in [1.82, 2.24) is 0 Å². The van der Waals surface area contributed by atoms with Crippen molar-refractivity contribution >= 4 is 39.5 Å². The molecule has 92 heavy (non-hydrogen) atoms. The second-order valence-electron chi connectivity index (χ2n) is 26.8. The van der Waals surface area contributed by atoms with Gasteiger partial charge in [0.1, 0.15) is 19.3 Å². The van der Waals surface area contributed by atoms with Crippen LogP contribution in [0, 0.1) is 5.92 Å². The predicted octanol–water partition coefficient (Wildman–Crippen LogP) is 21.3. The summed E-state index contributed by atoms with van der Waals surface area (Å²) < 4.78 is 68.4. The van der Waals surface area contributed by atoms with Crippen LogP contribution in [-0.4, -0.2) is 96.7 Å². The van der Waals surface area contributed by atoms with Crippen molar-refractivity contribution < 1.29 is 80.2 Å². The molecule has 546 valence electrons. The molecule has 0 rings (SSSR count). The zero-order valence-electron chi connectivity index (χ0n) is 59.7. The molecule has 0 amide bonds. The first-order chi connectivity index (χ1) is 44.5. The Balaban J connectivity index is 5.22. The van der Waals surface area contributed by atoms with Crippen molar-refractivity contribution in [2.75, 3.05) is 39.6 Å². The number of phosphoric ester groups is 2. The normalized spacial score (nSPS) is 14.0. The van der Waals surface area contributed by atoms with Gasteiger partial charge in [0.25, 0.3) is 0 Å². The van der Waals surface area contributed by atoms with E-state index < -0.39 is 97.5 Å². The summed E-state index contributed by atoms with van der Waals surface area (Å²) >= 11 is 0. The molecule has 0 aromatic heterocycles. The van der Waals surface area contributed by atoms with Crippen LogP contribution in [0.25, 0.3) is 0 Å². The lowest BCUT2D eigenvalue weighted by Crippen LogP contribution is -2.30. The van der Waals surface area contributed by atoms with E-state index in [9.17, 15) is 43.2 Å². The van der Waals surface area contributed by atoms with Crippen molar-refractivity contribution in [1.29, 1.82) is 0 Å². The zero-order chi connectivity index (χ0) is 67.7. The molecule has 3 N–H and O–H groups in total. The van der Waals surface area contributed by atoms with Crippen LogP contribution >= 0.6 is 15.6 Å². The molecule has 0 heterocycles. The topological polar surface area (TPSA) is 237 Å². The largest absolute Gasteiger partial charge is 0.472 e. The standard InChI is InChI=1S/C73H142O17P2/c1-6-9-12-15-18-21-24-26-28-29-31-33-36-39-42-49-54-59-73(78)89-68(62-83-70(75)56-51-46-40-37-35-32-30-27-25-22-19-16-13-10-7-2)64-87-91(79,80)85-60-67(74)61-86-92(81,82)88-65-69(63-84-71(76)57-52-47-44-43-45-50-55-66(4)5)90-72(77)58-53-48-41-38-34-23-20-17-14-11-8-3/h66-69,74H,6-65H2,1-5H3,(H,79,80)(H,81,82)/t67-,68-,69-/m1/s1. The van der Waals surface area contributed by atoms with E-state index in [0.717, 1.165) is 96.3 Å². The fourth-order valence-electron chi connectivity index (χ4n) is 11.2. The van der Waals surface area contributed by atoms with Gasteiger partial charge in [-0.1, -0.05) is 330 Å². The van der Waals surface area contributed by atoms with Crippen LogP contribution in [0.1, 0.15) is 381 Å². The molecule has 2 unspecified atom stereocenters. The van der Waals surface area contributed by atoms with E-state index in [1.807, 2.05) is 0 Å². The van der Waals surface area contributed by atoms with E-state index in [4.69, 9.17) is 37.0 Å². The highest BCUT2D eigenvalue weighted by Crippen LogP contribution is 2.45. The Morgan fingerprint density at radius 3 is 0.739 bits per heavy atom. The van der Waals surface area contributed by atoms with Crippen molar-refractivity contribution in [3.63, 3.8) is 0 Å². The van der Waals surface area contributed by atoms with Gasteiger partial charge < -0.3 is 33.8 Å². The summed E-state index contributed by atoms with van der Waals surface area (Å²) in [5.41, 5.74) is 0. The monoisotopic (exact) mass is 1350 g/mol. The molecule has 19 heteroatoms. The van der Waals surface area contributed by atoms with Crippen LogP contribution in [-0.2, 0) is 65.4 Å². The Labute approximate surface area is 562 Å². The Bertz CT molecular complexity index is 1770. The number of aliphatic hydroxyl groups excluding tert-OH is 1. The molecule has 0 spiro atoms. The number of ether oxygens (including phenoxy) is 4. The number of rotatable bonds is 73. The lowest BCUT2D eigenvalue weighted by atomic mass is 10.0. The number of aliphatic hydroxyl groups is 1. The Morgan fingerprint density at radius 2 is 0.500 bits per heavy atom. The average molecular weight is 1350 g/mol. The molecular formula is C73H142O17P2. The second kappa shape index (κ2) is 66.3. The van der Waals surface area contributed by atoms with Gasteiger partial charge in [-0.3, -0.25) is 37.3 Å². The summed E-state index contributed by atoms with van der Waals surface area (Å²) in [5.74, 6) is -1.44. The Hall–Kier alpha value is -1.94. The molecule has 0 saturated heterocycles. The fraction of sp³-hybridized carbons (Fsp3) is 0.945. The molecule has 0 aliphatic heterocycles. The van der Waals surface area contributed by atoms with Crippen LogP contribution in [0.2, 0.25) is 0 Å². The van der Waals surface area contributed by atoms with E-state index in [-0.39, 0.29) is 25.7 Å². The summed E-state index contributed by atoms with van der Waals surface area (Å²) in [7, 11) is -9.90. The van der Waals surface area contributed by atoms with Gasteiger partial charge in [0.15, 0.2) is 12.2 Å². The second-order valence-corrected chi connectivity index (χ2v) is 29.7. The van der Waals surface area contributed by atoms with Crippen LogP contribution in [0.5, 0.6) is 0 Å². The summed E-state index contributed by atoms with van der Waals surface area (Å²) in [4.78, 5) is 72.6. The number of phosphoric acid groups is 2. The predicted molar refractivity (Wildman–Crippen MR) is 372 cm³/mol. The maximum atomic E-state index is 13.1. The summed E-state index contributed by atoms with van der Waals surface area (Å²) in [6.45, 7) is 7.19. The third-order valence-corrected chi connectivity index (χ3v) is 18.9. The number of carbonyl (C=O) groups is 4. The van der Waals surface area contributed by atoms with Gasteiger partial charge in [0.2, 0.25) is 0 Å². The SMILES string of the molecule is CCCCCCCCCCCCCCCCCCCC(=O)O[C@H](COC(=O)CCCCCCCCCCCCCCCCC)COP(=O)(O)OC[C@@H](O)COP(=O)(O)OC[C@@H](COC(=O)CCCCCCCCC(C)C)OC(=O)CCCCCCCCCCCCC. The molecule has 0 radical (unpaired) electrons. The zero-order valence-corrected chi connectivity index (χ0v) is 61.5. The number of esters is 4. The number of hydrogen-bond acceptors (Lipinski definition) is 15. The quantitative estimate of drug-likeness (QED) is 0.0222. The highest BCUT2D eigenvalue weighted by atomic mass is 31.2. The van der Waals surface area contributed by atoms with Crippen LogP contribution < -0.4 is 0 Å². The van der Waals surface area contributed by atoms with Crippen LogP contribution in [0.15, 0.2) is 0 Å². The highest BCUT2D eigenvalue weighted by molar-refractivity contribution is 7.47. The van der Waals surface area contributed by atoms with Crippen LogP contribution in [0.4, 0.5) is 0 Å². The Kier molecular flexibility index (Phi) is 64.9. The molecule has 0 aliphatic carbocycles. The molecule has 0 bridgehead atoms. The summed E-state index contributed by atoms with van der Waals surface area (Å²) in [6, 6.07) is 0. The molecule has 0 aliphatic rings. The van der Waals surface area contributed by atoms with Gasteiger partial charge in [-0.25, -0.2) is 9.13 Å². The smallest absolute Gasteiger partial charge is 0.462 e. The number of carbonyl (C=O) groups excluding carboxylic acids is 4. The minimum Gasteiger partial charge on any atom is -0.462 e. The van der Waals surface area contributed by atoms with Gasteiger partial charge in [-0.15, -0.1) is 0 Å². The van der Waals surface area contributed by atoms with E-state index in [2.05, 4.69) is 34.6 Å². The lowest BCUT2D eigenvalue weighted by molar-refractivity contribution is -0.161. The summed E-state index contributed by atoms with van der Waals surface area (Å²) in [5, 5.41) is 10.6. The first-order valence-corrected chi connectivity index (χ1v) is 41.1. The molecule has 0 aromatic carbocycles. The summed E-state index contributed by atoms with van der Waals surface area (Å²) in [6.07, 6.45) is 54.2. The van der Waals surface area contributed by atoms with Gasteiger partial charge in [0.05, 0.1) is 26.4 Å². The van der Waals surface area contributed by atoms with Gasteiger partial charge in [-0.05, 0) is 31.6 Å². The molecular weight excluding hydrogens is 1210 g/mol. The van der Waals surface area contributed by atoms with E-state index >= 15 is 0 Å². The van der Waals surface area contributed by atoms with Crippen LogP contribution in [0.3, 0.4) is 0 Å². The maximum absolute atomic E-state index is 13.1. The lowest BCUT2D eigenvalue weighted by Gasteiger charge is -2.21. The van der Waals surface area contributed by atoms with Crippen molar-refractivity contribution in [2.45, 2.75) is 400 Å². The molecule has 5 atom stereocenters. The molecule has 0 fully saturated rings. The van der Waals surface area contributed by atoms with Gasteiger partial charge >= 0.3 is 39.5 Å². The molecule has 0 saturated carbocycles. The van der Waals surface area contributed by atoms with E-state index in [1.165, 1.54) is 199 Å². The van der Waals surface area contributed by atoms with Crippen molar-refractivity contribution in [2.24, 2.45) is 5.92 Å².